The monoisotopic (exact) mass is 476 g/mol. The van der Waals surface area contributed by atoms with Gasteiger partial charge in [0.25, 0.3) is 0 Å². The van der Waals surface area contributed by atoms with Gasteiger partial charge < -0.3 is 14.2 Å². The second-order valence-corrected chi connectivity index (χ2v) is 9.16. The summed E-state index contributed by atoms with van der Waals surface area (Å²) in [5.41, 5.74) is 3.97. The van der Waals surface area contributed by atoms with E-state index in [0.717, 1.165) is 22.9 Å². The van der Waals surface area contributed by atoms with E-state index < -0.39 is 11.6 Å². The number of hydrogen-bond acceptors (Lipinski definition) is 5. The van der Waals surface area contributed by atoms with E-state index in [1.54, 1.807) is 19.3 Å². The van der Waals surface area contributed by atoms with Crippen molar-refractivity contribution in [2.24, 2.45) is 7.05 Å². The predicted molar refractivity (Wildman–Crippen MR) is 132 cm³/mol. The van der Waals surface area contributed by atoms with Gasteiger partial charge in [-0.05, 0) is 56.2 Å². The second kappa shape index (κ2) is 8.85. The van der Waals surface area contributed by atoms with E-state index in [4.69, 9.17) is 14.7 Å². The van der Waals surface area contributed by atoms with Gasteiger partial charge in [-0.1, -0.05) is 0 Å². The van der Waals surface area contributed by atoms with Crippen molar-refractivity contribution in [2.45, 2.75) is 33.0 Å². The average Bonchev–Trinajstić information content (AvgIpc) is 2.81. The molecule has 0 saturated carbocycles. The Hall–Kier alpha value is -3.65. The van der Waals surface area contributed by atoms with Gasteiger partial charge in [0, 0.05) is 61.2 Å². The van der Waals surface area contributed by atoms with Gasteiger partial charge in [-0.15, -0.1) is 0 Å². The summed E-state index contributed by atoms with van der Waals surface area (Å²) in [7, 11) is 1.71. The first-order chi connectivity index (χ1) is 16.7. The molecule has 35 heavy (non-hydrogen) atoms. The average molecular weight is 477 g/mol. The lowest BCUT2D eigenvalue weighted by Gasteiger charge is -2.38. The van der Waals surface area contributed by atoms with Crippen LogP contribution in [0.5, 0.6) is 0 Å². The van der Waals surface area contributed by atoms with Gasteiger partial charge >= 0.3 is 0 Å². The van der Waals surface area contributed by atoms with E-state index in [2.05, 4.69) is 4.90 Å². The number of ether oxygens (including phenoxy) is 1. The number of nitrogens with zero attached hydrogens (tertiary/aromatic N) is 4. The third-order valence-electron chi connectivity index (χ3n) is 6.49. The number of rotatable bonds is 3. The van der Waals surface area contributed by atoms with Crippen LogP contribution >= 0.6 is 0 Å². The van der Waals surface area contributed by atoms with Crippen molar-refractivity contribution in [2.75, 3.05) is 18.0 Å². The molecule has 8 heteroatoms. The number of anilines is 1. The zero-order valence-electron chi connectivity index (χ0n) is 20.0. The van der Waals surface area contributed by atoms with E-state index >= 15 is 0 Å². The minimum Gasteiger partial charge on any atom is -0.367 e. The SMILES string of the molecule is Cc1cc2c(-c3ccc(F)cc3F)nc(N3C[C@@H](C)O[C@@H](c4ccc(=O)n(C)c4)C3)cc2nc1C. The largest absolute Gasteiger partial charge is 0.367 e. The van der Waals surface area contributed by atoms with Gasteiger partial charge in [-0.25, -0.2) is 13.8 Å². The van der Waals surface area contributed by atoms with Gasteiger partial charge in [-0.2, -0.15) is 0 Å². The van der Waals surface area contributed by atoms with Crippen LogP contribution in [0, 0.1) is 25.5 Å². The Morgan fingerprint density at radius 3 is 2.57 bits per heavy atom. The van der Waals surface area contributed by atoms with Gasteiger partial charge in [-0.3, -0.25) is 9.78 Å². The number of hydrogen-bond donors (Lipinski definition) is 0. The molecule has 0 aliphatic carbocycles. The molecule has 4 aromatic rings. The molecule has 180 valence electrons. The van der Waals surface area contributed by atoms with Crippen molar-refractivity contribution in [3.63, 3.8) is 0 Å². The first-order valence-electron chi connectivity index (χ1n) is 11.5. The third kappa shape index (κ3) is 4.41. The summed E-state index contributed by atoms with van der Waals surface area (Å²) in [6, 6.07) is 10.7. The summed E-state index contributed by atoms with van der Waals surface area (Å²) in [6.07, 6.45) is 1.40. The Bertz CT molecular complexity index is 1500. The number of aromatic nitrogens is 3. The van der Waals surface area contributed by atoms with Gasteiger partial charge in [0.15, 0.2) is 0 Å². The maximum atomic E-state index is 14.9. The third-order valence-corrected chi connectivity index (χ3v) is 6.49. The molecular weight excluding hydrogens is 450 g/mol. The Kier molecular flexibility index (Phi) is 5.84. The van der Waals surface area contributed by atoms with E-state index in [-0.39, 0.29) is 23.3 Å². The summed E-state index contributed by atoms with van der Waals surface area (Å²) in [4.78, 5) is 23.5. The number of aryl methyl sites for hydroxylation is 3. The molecule has 4 heterocycles. The molecule has 5 rings (SSSR count). The van der Waals surface area contributed by atoms with Crippen LogP contribution in [-0.2, 0) is 11.8 Å². The summed E-state index contributed by atoms with van der Waals surface area (Å²) >= 11 is 0. The number of pyridine rings is 3. The number of halogens is 2. The highest BCUT2D eigenvalue weighted by molar-refractivity contribution is 5.95. The molecule has 1 saturated heterocycles. The molecule has 2 atom stereocenters. The second-order valence-electron chi connectivity index (χ2n) is 9.16. The van der Waals surface area contributed by atoms with Crippen molar-refractivity contribution >= 4 is 16.7 Å². The fourth-order valence-corrected chi connectivity index (χ4v) is 4.53. The number of morpholine rings is 1. The lowest BCUT2D eigenvalue weighted by atomic mass is 10.0. The van der Waals surface area contributed by atoms with E-state index in [1.807, 2.05) is 32.9 Å². The molecule has 1 aliphatic heterocycles. The van der Waals surface area contributed by atoms with E-state index in [0.29, 0.717) is 35.5 Å². The molecule has 3 aromatic heterocycles. The lowest BCUT2D eigenvalue weighted by Crippen LogP contribution is -2.43. The van der Waals surface area contributed by atoms with Crippen LogP contribution in [0.1, 0.15) is 29.8 Å². The molecule has 1 aliphatic rings. The van der Waals surface area contributed by atoms with E-state index in [9.17, 15) is 13.6 Å². The van der Waals surface area contributed by atoms with Crippen molar-refractivity contribution in [1.82, 2.24) is 14.5 Å². The summed E-state index contributed by atoms with van der Waals surface area (Å²) in [6.45, 7) is 6.93. The van der Waals surface area contributed by atoms with Gasteiger partial charge in [0.2, 0.25) is 5.56 Å². The fourth-order valence-electron chi connectivity index (χ4n) is 4.53. The molecule has 0 radical (unpaired) electrons. The van der Waals surface area contributed by atoms with Crippen molar-refractivity contribution < 1.29 is 13.5 Å². The first-order valence-corrected chi connectivity index (χ1v) is 11.5. The Balaban J connectivity index is 1.63. The Morgan fingerprint density at radius 1 is 1.03 bits per heavy atom. The summed E-state index contributed by atoms with van der Waals surface area (Å²) < 4.78 is 36.2. The Labute approximate surface area is 201 Å². The standard InChI is InChI=1S/C27H26F2N4O2/c1-15-9-21-23(30-17(15)3)11-25(31-27(21)20-7-6-19(28)10-22(20)29)33-12-16(2)35-24(14-33)18-5-8-26(34)32(4)13-18/h5-11,13,16,24H,12,14H2,1-4H3/t16-,24-/m1/s1. The molecule has 0 spiro atoms. The van der Waals surface area contributed by atoms with E-state index in [1.165, 1.54) is 22.8 Å². The van der Waals surface area contributed by atoms with Crippen LogP contribution in [0.4, 0.5) is 14.6 Å². The van der Waals surface area contributed by atoms with Crippen LogP contribution < -0.4 is 10.5 Å². The molecular formula is C27H26F2N4O2. The highest BCUT2D eigenvalue weighted by Crippen LogP contribution is 2.34. The smallest absolute Gasteiger partial charge is 0.250 e. The van der Waals surface area contributed by atoms with Crippen LogP contribution in [0.3, 0.4) is 0 Å². The normalized spacial score (nSPS) is 18.3. The number of fused-ring (bicyclic) bond motifs is 1. The maximum Gasteiger partial charge on any atom is 0.250 e. The van der Waals surface area contributed by atoms with Crippen LogP contribution in [0.2, 0.25) is 0 Å². The van der Waals surface area contributed by atoms with Crippen molar-refractivity contribution in [3.8, 4) is 11.3 Å². The molecule has 0 N–H and O–H groups in total. The maximum absolute atomic E-state index is 14.9. The first kappa shape index (κ1) is 23.1. The van der Waals surface area contributed by atoms with Gasteiger partial charge in [0.1, 0.15) is 23.6 Å². The van der Waals surface area contributed by atoms with Gasteiger partial charge in [0.05, 0.1) is 17.3 Å². The molecule has 0 unspecified atom stereocenters. The minimum absolute atomic E-state index is 0.0895. The molecule has 1 aromatic carbocycles. The quantitative estimate of drug-likeness (QED) is 0.423. The van der Waals surface area contributed by atoms with Crippen LogP contribution in [0.15, 0.2) is 53.5 Å². The predicted octanol–water partition coefficient (Wildman–Crippen LogP) is 4.86. The molecule has 0 bridgehead atoms. The van der Waals surface area contributed by atoms with Crippen LogP contribution in [0.25, 0.3) is 22.2 Å². The molecule has 1 fully saturated rings. The highest BCUT2D eigenvalue weighted by Gasteiger charge is 2.29. The minimum atomic E-state index is -0.674. The summed E-state index contributed by atoms with van der Waals surface area (Å²) in [5, 5.41) is 0.707. The molecule has 0 amide bonds. The lowest BCUT2D eigenvalue weighted by molar-refractivity contribution is -0.0179. The van der Waals surface area contributed by atoms with Crippen LogP contribution in [-0.4, -0.2) is 33.7 Å². The van der Waals surface area contributed by atoms with Crippen molar-refractivity contribution in [1.29, 1.82) is 0 Å². The Morgan fingerprint density at radius 2 is 1.83 bits per heavy atom. The van der Waals surface area contributed by atoms with Crippen molar-refractivity contribution in [3.05, 3.63) is 87.5 Å². The number of benzene rings is 1. The topological polar surface area (TPSA) is 60.3 Å². The molecule has 6 nitrogen and oxygen atoms in total. The summed E-state index contributed by atoms with van der Waals surface area (Å²) in [5.74, 6) is -0.677. The highest BCUT2D eigenvalue weighted by atomic mass is 19.1. The zero-order chi connectivity index (χ0) is 24.9. The fraction of sp³-hybridized carbons (Fsp3) is 0.296. The zero-order valence-corrected chi connectivity index (χ0v) is 20.0.